The maximum Gasteiger partial charge on any atom is 0.237 e. The molecule has 2 aliphatic rings. The second-order valence-corrected chi connectivity index (χ2v) is 7.54. The van der Waals surface area contributed by atoms with Gasteiger partial charge in [-0.2, -0.15) is 0 Å². The predicted octanol–water partition coefficient (Wildman–Crippen LogP) is 2.62. The Bertz CT molecular complexity index is 515. The molecule has 1 amide bonds. The minimum Gasteiger partial charge on any atom is -0.368 e. The zero-order valence-electron chi connectivity index (χ0n) is 11.9. The fourth-order valence-corrected chi connectivity index (χ4v) is 4.43. The van der Waals surface area contributed by atoms with E-state index in [4.69, 9.17) is 5.73 Å². The Morgan fingerprint density at radius 1 is 1.40 bits per heavy atom. The third-order valence-electron chi connectivity index (χ3n) is 4.29. The summed E-state index contributed by atoms with van der Waals surface area (Å²) in [5.41, 5.74) is 6.50. The van der Waals surface area contributed by atoms with Gasteiger partial charge in [-0.1, -0.05) is 17.7 Å². The highest BCUT2D eigenvalue weighted by Gasteiger charge is 2.46. The molecule has 20 heavy (non-hydrogen) atoms. The van der Waals surface area contributed by atoms with Crippen molar-refractivity contribution in [2.45, 2.75) is 60.8 Å². The maximum atomic E-state index is 11.9. The lowest BCUT2D eigenvalue weighted by Crippen LogP contribution is -2.54. The molecule has 3 rings (SSSR count). The van der Waals surface area contributed by atoms with Crippen molar-refractivity contribution in [3.8, 4) is 0 Å². The number of primary amides is 1. The highest BCUT2D eigenvalue weighted by atomic mass is 32.2. The van der Waals surface area contributed by atoms with Gasteiger partial charge < -0.3 is 11.1 Å². The van der Waals surface area contributed by atoms with Crippen LogP contribution in [-0.4, -0.2) is 22.7 Å². The summed E-state index contributed by atoms with van der Waals surface area (Å²) in [4.78, 5) is 13.2. The standard InChI is InChI=1S/C16H22N2OS/c1-11-3-2-4-13(9-11)20-14-7-8-16(10-14,15(17)19)18-12-5-6-12/h2-4,9,12,14,18H,5-8,10H2,1H3,(H2,17,19). The van der Waals surface area contributed by atoms with Gasteiger partial charge in [0, 0.05) is 16.2 Å². The van der Waals surface area contributed by atoms with Gasteiger partial charge in [0.15, 0.2) is 0 Å². The van der Waals surface area contributed by atoms with Gasteiger partial charge in [0.25, 0.3) is 0 Å². The van der Waals surface area contributed by atoms with E-state index >= 15 is 0 Å². The van der Waals surface area contributed by atoms with Crippen LogP contribution in [0.1, 0.15) is 37.7 Å². The van der Waals surface area contributed by atoms with Gasteiger partial charge >= 0.3 is 0 Å². The number of carbonyl (C=O) groups is 1. The molecule has 3 N–H and O–H groups in total. The van der Waals surface area contributed by atoms with Crippen LogP contribution in [0.4, 0.5) is 0 Å². The van der Waals surface area contributed by atoms with Crippen molar-refractivity contribution in [1.82, 2.24) is 5.32 Å². The number of thioether (sulfide) groups is 1. The summed E-state index contributed by atoms with van der Waals surface area (Å²) in [7, 11) is 0. The van der Waals surface area contributed by atoms with Crippen molar-refractivity contribution in [3.05, 3.63) is 29.8 Å². The molecule has 2 atom stereocenters. The first-order valence-corrected chi connectivity index (χ1v) is 8.26. The summed E-state index contributed by atoms with van der Waals surface area (Å²) in [6, 6.07) is 9.09. The Kier molecular flexibility index (Phi) is 3.78. The van der Waals surface area contributed by atoms with Crippen molar-refractivity contribution < 1.29 is 4.79 Å². The SMILES string of the molecule is Cc1cccc(SC2CCC(NC3CC3)(C(N)=O)C2)c1. The number of hydrogen-bond acceptors (Lipinski definition) is 3. The Labute approximate surface area is 124 Å². The molecular weight excluding hydrogens is 268 g/mol. The largest absolute Gasteiger partial charge is 0.368 e. The Morgan fingerprint density at radius 3 is 2.85 bits per heavy atom. The summed E-state index contributed by atoms with van der Waals surface area (Å²) in [6.45, 7) is 2.11. The quantitative estimate of drug-likeness (QED) is 0.876. The van der Waals surface area contributed by atoms with E-state index in [0.717, 1.165) is 19.3 Å². The zero-order valence-corrected chi connectivity index (χ0v) is 12.7. The monoisotopic (exact) mass is 290 g/mol. The molecule has 4 heteroatoms. The molecule has 0 aromatic heterocycles. The second-order valence-electron chi connectivity index (χ2n) is 6.16. The minimum absolute atomic E-state index is 0.170. The number of aryl methyl sites for hydroxylation is 1. The molecule has 1 aromatic carbocycles. The molecule has 2 aliphatic carbocycles. The molecule has 0 saturated heterocycles. The van der Waals surface area contributed by atoms with Crippen LogP contribution in [0.15, 0.2) is 29.2 Å². The van der Waals surface area contributed by atoms with Crippen molar-refractivity contribution in [2.24, 2.45) is 5.73 Å². The third kappa shape index (κ3) is 3.01. The molecule has 2 saturated carbocycles. The first-order chi connectivity index (χ1) is 9.57. The Balaban J connectivity index is 1.66. The molecule has 0 bridgehead atoms. The molecule has 3 nitrogen and oxygen atoms in total. The van der Waals surface area contributed by atoms with E-state index in [1.807, 2.05) is 11.8 Å². The number of amides is 1. The van der Waals surface area contributed by atoms with Gasteiger partial charge in [-0.15, -0.1) is 11.8 Å². The van der Waals surface area contributed by atoms with Gasteiger partial charge in [-0.25, -0.2) is 0 Å². The van der Waals surface area contributed by atoms with Crippen molar-refractivity contribution in [1.29, 1.82) is 0 Å². The van der Waals surface area contributed by atoms with Gasteiger partial charge in [0.05, 0.1) is 5.54 Å². The first kappa shape index (κ1) is 14.0. The highest BCUT2D eigenvalue weighted by Crippen LogP contribution is 2.41. The van der Waals surface area contributed by atoms with Gasteiger partial charge in [-0.05, 0) is 51.2 Å². The Hall–Kier alpha value is -1.00. The molecule has 0 heterocycles. The summed E-state index contributed by atoms with van der Waals surface area (Å²) in [6.07, 6.45) is 5.16. The van der Waals surface area contributed by atoms with E-state index in [1.165, 1.54) is 23.3 Å². The van der Waals surface area contributed by atoms with Crippen molar-refractivity contribution in [2.75, 3.05) is 0 Å². The summed E-state index contributed by atoms with van der Waals surface area (Å²) in [5.74, 6) is -0.170. The van der Waals surface area contributed by atoms with Crippen molar-refractivity contribution in [3.63, 3.8) is 0 Å². The van der Waals surface area contributed by atoms with Crippen LogP contribution in [0.2, 0.25) is 0 Å². The van der Waals surface area contributed by atoms with Gasteiger partial charge in [0.1, 0.15) is 0 Å². The lowest BCUT2D eigenvalue weighted by molar-refractivity contribution is -0.124. The van der Waals surface area contributed by atoms with E-state index in [-0.39, 0.29) is 5.91 Å². The predicted molar refractivity (Wildman–Crippen MR) is 82.8 cm³/mol. The molecule has 108 valence electrons. The Morgan fingerprint density at radius 2 is 2.20 bits per heavy atom. The number of rotatable bonds is 5. The van der Waals surface area contributed by atoms with E-state index in [9.17, 15) is 4.79 Å². The zero-order chi connectivity index (χ0) is 14.2. The van der Waals surface area contributed by atoms with Gasteiger partial charge in [0.2, 0.25) is 5.91 Å². The fourth-order valence-electron chi connectivity index (χ4n) is 3.03. The average Bonchev–Trinajstić information content (AvgIpc) is 3.10. The minimum atomic E-state index is -0.456. The van der Waals surface area contributed by atoms with Crippen molar-refractivity contribution >= 4 is 17.7 Å². The van der Waals surface area contributed by atoms with E-state index in [0.29, 0.717) is 11.3 Å². The molecule has 2 unspecified atom stereocenters. The number of carbonyl (C=O) groups excluding carboxylic acids is 1. The molecule has 0 spiro atoms. The van der Waals surface area contributed by atoms with Crippen LogP contribution < -0.4 is 11.1 Å². The molecule has 0 aliphatic heterocycles. The van der Waals surface area contributed by atoms with Gasteiger partial charge in [-0.3, -0.25) is 4.79 Å². The molecule has 1 aromatic rings. The molecule has 0 radical (unpaired) electrons. The summed E-state index contributed by atoms with van der Waals surface area (Å²) < 4.78 is 0. The second kappa shape index (κ2) is 5.41. The topological polar surface area (TPSA) is 55.1 Å². The van der Waals surface area contributed by atoms with Crippen LogP contribution in [-0.2, 0) is 4.79 Å². The number of hydrogen-bond donors (Lipinski definition) is 2. The summed E-state index contributed by atoms with van der Waals surface area (Å²) >= 11 is 1.88. The third-order valence-corrected chi connectivity index (χ3v) is 5.55. The van der Waals surface area contributed by atoms with Crippen LogP contribution in [0, 0.1) is 6.92 Å². The van der Waals surface area contributed by atoms with Crippen LogP contribution in [0.5, 0.6) is 0 Å². The van der Waals surface area contributed by atoms with Crippen LogP contribution in [0.3, 0.4) is 0 Å². The number of benzene rings is 1. The summed E-state index contributed by atoms with van der Waals surface area (Å²) in [5, 5.41) is 3.99. The van der Waals surface area contributed by atoms with E-state index < -0.39 is 5.54 Å². The van der Waals surface area contributed by atoms with Crippen LogP contribution >= 0.6 is 11.8 Å². The number of nitrogens with two attached hydrogens (primary N) is 1. The molecular formula is C16H22N2OS. The lowest BCUT2D eigenvalue weighted by atomic mass is 9.96. The van der Waals surface area contributed by atoms with E-state index in [2.05, 4.69) is 36.5 Å². The maximum absolute atomic E-state index is 11.9. The van der Waals surface area contributed by atoms with E-state index in [1.54, 1.807) is 0 Å². The first-order valence-electron chi connectivity index (χ1n) is 7.38. The average molecular weight is 290 g/mol. The lowest BCUT2D eigenvalue weighted by Gasteiger charge is -2.27. The highest BCUT2D eigenvalue weighted by molar-refractivity contribution is 8.00. The van der Waals surface area contributed by atoms with Crippen LogP contribution in [0.25, 0.3) is 0 Å². The number of nitrogens with one attached hydrogen (secondary N) is 1. The normalized spacial score (nSPS) is 29.6. The fraction of sp³-hybridized carbons (Fsp3) is 0.562. The smallest absolute Gasteiger partial charge is 0.237 e. The molecule has 2 fully saturated rings.